The van der Waals surface area contributed by atoms with Crippen molar-refractivity contribution in [1.82, 2.24) is 0 Å². The topological polar surface area (TPSA) is 81.8 Å². The van der Waals surface area contributed by atoms with Crippen LogP contribution in [-0.4, -0.2) is 24.2 Å². The number of hydrogen-bond donors (Lipinski definition) is 1. The first-order chi connectivity index (χ1) is 7.58. The van der Waals surface area contributed by atoms with E-state index in [1.165, 1.54) is 32.4 Å². The summed E-state index contributed by atoms with van der Waals surface area (Å²) < 4.78 is 9.89. The van der Waals surface area contributed by atoms with Gasteiger partial charge in [-0.05, 0) is 6.07 Å². The molecule has 0 fully saturated rings. The van der Waals surface area contributed by atoms with Crippen LogP contribution in [0.3, 0.4) is 0 Å². The summed E-state index contributed by atoms with van der Waals surface area (Å²) in [6, 6.07) is 2.78. The largest absolute Gasteiger partial charge is 0.504 e. The van der Waals surface area contributed by atoms with Crippen LogP contribution in [-0.2, 0) is 0 Å². The highest BCUT2D eigenvalue weighted by Gasteiger charge is 2.09. The van der Waals surface area contributed by atoms with Gasteiger partial charge in [-0.3, -0.25) is 10.1 Å². The molecule has 0 saturated heterocycles. The van der Waals surface area contributed by atoms with Gasteiger partial charge in [0.15, 0.2) is 11.5 Å². The van der Waals surface area contributed by atoms with Gasteiger partial charge in [0.25, 0.3) is 0 Å². The molecule has 0 saturated carbocycles. The second kappa shape index (κ2) is 5.01. The van der Waals surface area contributed by atoms with Crippen molar-refractivity contribution in [1.29, 1.82) is 0 Å². The van der Waals surface area contributed by atoms with Gasteiger partial charge in [0.2, 0.25) is 6.20 Å². The van der Waals surface area contributed by atoms with Gasteiger partial charge in [0.1, 0.15) is 5.75 Å². The van der Waals surface area contributed by atoms with Crippen LogP contribution >= 0.6 is 0 Å². The third-order valence-corrected chi connectivity index (χ3v) is 1.91. The number of phenolic OH excluding ortho intramolecular Hbond substituents is 1. The number of aromatic hydroxyl groups is 1. The van der Waals surface area contributed by atoms with Crippen molar-refractivity contribution < 1.29 is 19.5 Å². The van der Waals surface area contributed by atoms with Crippen LogP contribution in [0.15, 0.2) is 18.3 Å². The average Bonchev–Trinajstić information content (AvgIpc) is 2.26. The zero-order chi connectivity index (χ0) is 12.1. The van der Waals surface area contributed by atoms with Crippen molar-refractivity contribution >= 4 is 6.08 Å². The summed E-state index contributed by atoms with van der Waals surface area (Å²) in [4.78, 5) is 9.57. The van der Waals surface area contributed by atoms with Crippen LogP contribution in [0, 0.1) is 10.1 Å². The van der Waals surface area contributed by atoms with Crippen molar-refractivity contribution in [3.8, 4) is 17.2 Å². The summed E-state index contributed by atoms with van der Waals surface area (Å²) in [5.41, 5.74) is 0.400. The van der Waals surface area contributed by atoms with E-state index in [4.69, 9.17) is 9.47 Å². The van der Waals surface area contributed by atoms with Crippen LogP contribution in [0.25, 0.3) is 6.08 Å². The molecular weight excluding hydrogens is 214 g/mol. The Hall–Kier alpha value is -2.24. The van der Waals surface area contributed by atoms with Crippen LogP contribution in [0.2, 0.25) is 0 Å². The lowest BCUT2D eigenvalue weighted by Gasteiger charge is -2.08. The van der Waals surface area contributed by atoms with Crippen LogP contribution in [0.5, 0.6) is 17.2 Å². The summed E-state index contributed by atoms with van der Waals surface area (Å²) >= 11 is 0. The highest BCUT2D eigenvalue weighted by atomic mass is 16.6. The van der Waals surface area contributed by atoms with Gasteiger partial charge in [0.05, 0.1) is 19.1 Å². The maximum Gasteiger partial charge on any atom is 0.235 e. The minimum absolute atomic E-state index is 0.105. The molecule has 0 radical (unpaired) electrons. The summed E-state index contributed by atoms with van der Waals surface area (Å²) in [5.74, 6) is 0.522. The maximum absolute atomic E-state index is 10.2. The molecule has 6 heteroatoms. The fraction of sp³-hybridized carbons (Fsp3) is 0.200. The van der Waals surface area contributed by atoms with Gasteiger partial charge >= 0.3 is 0 Å². The Morgan fingerprint density at radius 2 is 1.94 bits per heavy atom. The molecule has 0 heterocycles. The number of methoxy groups -OCH3 is 2. The first-order valence-corrected chi connectivity index (χ1v) is 4.35. The van der Waals surface area contributed by atoms with E-state index in [1.807, 2.05) is 0 Å². The van der Waals surface area contributed by atoms with E-state index in [1.54, 1.807) is 0 Å². The van der Waals surface area contributed by atoms with Crippen molar-refractivity contribution in [3.63, 3.8) is 0 Å². The van der Waals surface area contributed by atoms with Gasteiger partial charge in [-0.25, -0.2) is 0 Å². The Labute approximate surface area is 91.9 Å². The van der Waals surface area contributed by atoms with Gasteiger partial charge < -0.3 is 14.6 Å². The van der Waals surface area contributed by atoms with Crippen LogP contribution in [0.4, 0.5) is 0 Å². The Balaban J connectivity index is 3.18. The molecule has 0 atom stereocenters. The third kappa shape index (κ3) is 2.63. The Kier molecular flexibility index (Phi) is 3.71. The molecule has 1 rings (SSSR count). The minimum Gasteiger partial charge on any atom is -0.504 e. The molecule has 1 N–H and O–H groups in total. The maximum atomic E-state index is 10.2. The van der Waals surface area contributed by atoms with Crippen molar-refractivity contribution in [2.24, 2.45) is 0 Å². The average molecular weight is 225 g/mol. The zero-order valence-corrected chi connectivity index (χ0v) is 8.84. The van der Waals surface area contributed by atoms with Crippen LogP contribution < -0.4 is 9.47 Å². The summed E-state index contributed by atoms with van der Waals surface area (Å²) in [7, 11) is 2.83. The summed E-state index contributed by atoms with van der Waals surface area (Å²) in [6.45, 7) is 0. The van der Waals surface area contributed by atoms with Gasteiger partial charge in [0, 0.05) is 17.7 Å². The molecule has 16 heavy (non-hydrogen) atoms. The number of phenols is 1. The molecule has 0 aliphatic heterocycles. The van der Waals surface area contributed by atoms with Crippen molar-refractivity contribution in [2.75, 3.05) is 14.2 Å². The van der Waals surface area contributed by atoms with Crippen LogP contribution in [0.1, 0.15) is 5.56 Å². The smallest absolute Gasteiger partial charge is 0.235 e. The molecule has 86 valence electrons. The predicted octanol–water partition coefficient (Wildman–Crippen LogP) is 1.66. The third-order valence-electron chi connectivity index (χ3n) is 1.91. The molecule has 6 nitrogen and oxygen atoms in total. The quantitative estimate of drug-likeness (QED) is 0.622. The van der Waals surface area contributed by atoms with E-state index in [0.29, 0.717) is 11.3 Å². The lowest BCUT2D eigenvalue weighted by Crippen LogP contribution is -1.91. The molecule has 0 bridgehead atoms. The first-order valence-electron chi connectivity index (χ1n) is 4.35. The standard InChI is InChI=1S/C10H11NO5/c1-15-9-6-10(16-2)8(12)5-7(9)3-4-11(13)14/h3-6,12H,1-2H3. The second-order valence-electron chi connectivity index (χ2n) is 2.87. The SMILES string of the molecule is COc1cc(OC)c(C=C[N+](=O)[O-])cc1O. The first kappa shape index (κ1) is 11.8. The minimum atomic E-state index is -0.597. The van der Waals surface area contributed by atoms with E-state index >= 15 is 0 Å². The Morgan fingerprint density at radius 3 is 2.44 bits per heavy atom. The molecule has 0 unspecified atom stereocenters. The van der Waals surface area contributed by atoms with E-state index in [9.17, 15) is 15.2 Å². The molecule has 1 aromatic rings. The number of rotatable bonds is 4. The van der Waals surface area contributed by atoms with Gasteiger partial charge in [-0.1, -0.05) is 0 Å². The summed E-state index contributed by atoms with van der Waals surface area (Å²) in [5, 5.41) is 19.7. The Morgan fingerprint density at radius 1 is 1.31 bits per heavy atom. The summed E-state index contributed by atoms with van der Waals surface area (Å²) in [6.07, 6.45) is 2.00. The molecule has 0 amide bonds. The monoisotopic (exact) mass is 225 g/mol. The predicted molar refractivity (Wildman–Crippen MR) is 57.2 cm³/mol. The molecular formula is C10H11NO5. The lowest BCUT2D eigenvalue weighted by molar-refractivity contribution is -0.400. The van der Waals surface area contributed by atoms with Gasteiger partial charge in [-0.2, -0.15) is 0 Å². The normalized spacial score (nSPS) is 10.4. The number of benzene rings is 1. The zero-order valence-electron chi connectivity index (χ0n) is 8.84. The fourth-order valence-electron chi connectivity index (χ4n) is 1.18. The number of nitro groups is 1. The van der Waals surface area contributed by atoms with Crippen molar-refractivity contribution in [3.05, 3.63) is 34.0 Å². The number of ether oxygens (including phenoxy) is 2. The van der Waals surface area contributed by atoms with E-state index in [-0.39, 0.29) is 11.5 Å². The molecule has 0 spiro atoms. The molecule has 0 aliphatic rings. The Bertz CT molecular complexity index is 427. The van der Waals surface area contributed by atoms with E-state index in [2.05, 4.69) is 0 Å². The number of hydrogen-bond acceptors (Lipinski definition) is 5. The lowest BCUT2D eigenvalue weighted by atomic mass is 10.1. The van der Waals surface area contributed by atoms with Crippen molar-refractivity contribution in [2.45, 2.75) is 0 Å². The number of nitrogens with zero attached hydrogens (tertiary/aromatic N) is 1. The van der Waals surface area contributed by atoms with Gasteiger partial charge in [-0.15, -0.1) is 0 Å². The highest BCUT2D eigenvalue weighted by molar-refractivity contribution is 5.62. The molecule has 1 aromatic carbocycles. The fourth-order valence-corrected chi connectivity index (χ4v) is 1.18. The molecule has 0 aromatic heterocycles. The second-order valence-corrected chi connectivity index (χ2v) is 2.87. The highest BCUT2D eigenvalue weighted by Crippen LogP contribution is 2.34. The van der Waals surface area contributed by atoms with E-state index < -0.39 is 4.92 Å². The molecule has 0 aliphatic carbocycles. The van der Waals surface area contributed by atoms with E-state index in [0.717, 1.165) is 6.20 Å².